The molecule has 0 spiro atoms. The van der Waals surface area contributed by atoms with E-state index < -0.39 is 21.8 Å². The molecule has 1 aliphatic heterocycles. The molecule has 0 aliphatic carbocycles. The van der Waals surface area contributed by atoms with Gasteiger partial charge in [-0.05, 0) is 26.8 Å². The molecule has 0 aromatic carbocycles. The summed E-state index contributed by atoms with van der Waals surface area (Å²) in [6.07, 6.45) is 1.39. The highest BCUT2D eigenvalue weighted by Crippen LogP contribution is 2.18. The highest BCUT2D eigenvalue weighted by Gasteiger charge is 2.31. The van der Waals surface area contributed by atoms with Crippen molar-refractivity contribution in [1.82, 2.24) is 4.90 Å². The van der Waals surface area contributed by atoms with Crippen LogP contribution >= 0.6 is 0 Å². The van der Waals surface area contributed by atoms with E-state index in [0.717, 1.165) is 6.42 Å². The van der Waals surface area contributed by atoms with Gasteiger partial charge in [0.25, 0.3) is 0 Å². The van der Waals surface area contributed by atoms with Crippen LogP contribution in [0.1, 0.15) is 19.8 Å². The second-order valence-corrected chi connectivity index (χ2v) is 6.32. The van der Waals surface area contributed by atoms with Crippen LogP contribution in [0.25, 0.3) is 0 Å². The van der Waals surface area contributed by atoms with Gasteiger partial charge in [-0.15, -0.1) is 0 Å². The first-order chi connectivity index (χ1) is 6.83. The fraction of sp³-hybridized carbons (Fsp3) is 0.889. The van der Waals surface area contributed by atoms with E-state index in [1.807, 2.05) is 0 Å². The lowest BCUT2D eigenvalue weighted by atomic mass is 10.1. The van der Waals surface area contributed by atoms with Gasteiger partial charge in [-0.25, -0.2) is 8.42 Å². The second-order valence-electron chi connectivity index (χ2n) is 4.09. The third-order valence-corrected chi connectivity index (χ3v) is 4.79. The van der Waals surface area contributed by atoms with Gasteiger partial charge in [-0.3, -0.25) is 9.69 Å². The smallest absolute Gasteiger partial charge is 0.320 e. The van der Waals surface area contributed by atoms with Crippen LogP contribution in [0.4, 0.5) is 0 Å². The van der Waals surface area contributed by atoms with E-state index in [4.69, 9.17) is 5.11 Å². The number of hydrogen-bond acceptors (Lipinski definition) is 4. The van der Waals surface area contributed by atoms with Crippen molar-refractivity contribution in [2.45, 2.75) is 31.8 Å². The van der Waals surface area contributed by atoms with Gasteiger partial charge < -0.3 is 5.11 Å². The predicted octanol–water partition coefficient (Wildman–Crippen LogP) is -0.0315. The minimum atomic E-state index is -2.97. The first kappa shape index (κ1) is 12.4. The molecule has 1 aliphatic rings. The van der Waals surface area contributed by atoms with E-state index in [-0.39, 0.29) is 17.5 Å². The van der Waals surface area contributed by atoms with E-state index in [1.165, 1.54) is 0 Å². The molecule has 5 nitrogen and oxygen atoms in total. The molecule has 0 amide bonds. The van der Waals surface area contributed by atoms with Crippen molar-refractivity contribution in [2.75, 3.05) is 18.6 Å². The molecule has 0 aromatic rings. The molecule has 1 rings (SSSR count). The van der Waals surface area contributed by atoms with E-state index in [1.54, 1.807) is 18.9 Å². The van der Waals surface area contributed by atoms with E-state index in [2.05, 4.69) is 0 Å². The van der Waals surface area contributed by atoms with Crippen LogP contribution in [-0.2, 0) is 14.6 Å². The average molecular weight is 235 g/mol. The molecule has 88 valence electrons. The molecule has 15 heavy (non-hydrogen) atoms. The lowest BCUT2D eigenvalue weighted by Crippen LogP contribution is -2.48. The Kier molecular flexibility index (Phi) is 3.72. The van der Waals surface area contributed by atoms with Gasteiger partial charge in [-0.1, -0.05) is 0 Å². The topological polar surface area (TPSA) is 74.7 Å². The minimum Gasteiger partial charge on any atom is -0.480 e. The molecule has 0 aromatic heterocycles. The van der Waals surface area contributed by atoms with Gasteiger partial charge in [0.1, 0.15) is 6.04 Å². The molecule has 0 saturated carbocycles. The highest BCUT2D eigenvalue weighted by atomic mass is 32.2. The average Bonchev–Trinajstić information content (AvgIpc) is 2.13. The van der Waals surface area contributed by atoms with Gasteiger partial charge in [0, 0.05) is 6.04 Å². The standard InChI is InChI=1S/C9H17NO4S/c1-7(9(11)12)10(2)8-4-3-5-15(13,14)6-8/h7-8H,3-6H2,1-2H3,(H,11,12). The molecule has 2 unspecified atom stereocenters. The van der Waals surface area contributed by atoms with Crippen LogP contribution in [0.2, 0.25) is 0 Å². The Labute approximate surface area is 90.0 Å². The van der Waals surface area contributed by atoms with Crippen molar-refractivity contribution in [3.8, 4) is 0 Å². The maximum absolute atomic E-state index is 11.4. The number of likely N-dealkylation sites (N-methyl/N-ethyl adjacent to an activating group) is 1. The summed E-state index contributed by atoms with van der Waals surface area (Å²) in [5, 5.41) is 8.82. The molecule has 1 fully saturated rings. The molecule has 1 saturated heterocycles. The summed E-state index contributed by atoms with van der Waals surface area (Å²) in [6.45, 7) is 1.57. The summed E-state index contributed by atoms with van der Waals surface area (Å²) >= 11 is 0. The van der Waals surface area contributed by atoms with Crippen LogP contribution < -0.4 is 0 Å². The van der Waals surface area contributed by atoms with Crippen LogP contribution in [0.15, 0.2) is 0 Å². The summed E-state index contributed by atoms with van der Waals surface area (Å²) in [5.41, 5.74) is 0. The summed E-state index contributed by atoms with van der Waals surface area (Å²) in [5.74, 6) is -0.597. The van der Waals surface area contributed by atoms with Gasteiger partial charge in [-0.2, -0.15) is 0 Å². The number of hydrogen-bond donors (Lipinski definition) is 1. The van der Waals surface area contributed by atoms with Gasteiger partial charge >= 0.3 is 5.97 Å². The Morgan fingerprint density at radius 2 is 2.13 bits per heavy atom. The lowest BCUT2D eigenvalue weighted by molar-refractivity contribution is -0.142. The molecule has 0 bridgehead atoms. The van der Waals surface area contributed by atoms with Crippen LogP contribution in [0.5, 0.6) is 0 Å². The Bertz CT molecular complexity index is 338. The van der Waals surface area contributed by atoms with Crippen molar-refractivity contribution in [2.24, 2.45) is 0 Å². The normalized spacial score (nSPS) is 27.5. The fourth-order valence-corrected chi connectivity index (χ4v) is 3.57. The lowest BCUT2D eigenvalue weighted by Gasteiger charge is -2.33. The van der Waals surface area contributed by atoms with Crippen LogP contribution in [-0.4, -0.2) is 55.0 Å². The zero-order valence-electron chi connectivity index (χ0n) is 9.01. The Morgan fingerprint density at radius 1 is 1.53 bits per heavy atom. The summed E-state index contributed by atoms with van der Waals surface area (Å²) in [4.78, 5) is 12.4. The third kappa shape index (κ3) is 3.17. The first-order valence-corrected chi connectivity index (χ1v) is 6.81. The summed E-state index contributed by atoms with van der Waals surface area (Å²) in [6, 6.07) is -0.793. The second kappa shape index (κ2) is 4.49. The maximum Gasteiger partial charge on any atom is 0.320 e. The summed E-state index contributed by atoms with van der Waals surface area (Å²) in [7, 11) is -1.30. The number of rotatable bonds is 3. The molecule has 1 N–H and O–H groups in total. The third-order valence-electron chi connectivity index (χ3n) is 2.98. The number of nitrogens with zero attached hydrogens (tertiary/aromatic N) is 1. The molecular formula is C9H17NO4S. The maximum atomic E-state index is 11.4. The van der Waals surface area contributed by atoms with Crippen molar-refractivity contribution in [3.05, 3.63) is 0 Å². The number of aliphatic carboxylic acids is 1. The van der Waals surface area contributed by atoms with Crippen molar-refractivity contribution in [1.29, 1.82) is 0 Å². The molecular weight excluding hydrogens is 218 g/mol. The number of carboxylic acids is 1. The van der Waals surface area contributed by atoms with Crippen LogP contribution in [0.3, 0.4) is 0 Å². The Morgan fingerprint density at radius 3 is 2.60 bits per heavy atom. The monoisotopic (exact) mass is 235 g/mol. The van der Waals surface area contributed by atoms with Crippen molar-refractivity contribution in [3.63, 3.8) is 0 Å². The Hall–Kier alpha value is -0.620. The van der Waals surface area contributed by atoms with Crippen molar-refractivity contribution >= 4 is 15.8 Å². The quantitative estimate of drug-likeness (QED) is 0.743. The van der Waals surface area contributed by atoms with E-state index in [0.29, 0.717) is 6.42 Å². The van der Waals surface area contributed by atoms with Gasteiger partial charge in [0.05, 0.1) is 11.5 Å². The number of carboxylic acid groups (broad SMARTS) is 1. The van der Waals surface area contributed by atoms with Gasteiger partial charge in [0.15, 0.2) is 9.84 Å². The SMILES string of the molecule is CC(C(=O)O)N(C)C1CCCS(=O)(=O)C1. The van der Waals surface area contributed by atoms with E-state index in [9.17, 15) is 13.2 Å². The largest absolute Gasteiger partial charge is 0.480 e. The zero-order valence-corrected chi connectivity index (χ0v) is 9.83. The number of carbonyl (C=O) groups is 1. The van der Waals surface area contributed by atoms with Crippen molar-refractivity contribution < 1.29 is 18.3 Å². The molecule has 0 radical (unpaired) electrons. The van der Waals surface area contributed by atoms with E-state index >= 15 is 0 Å². The minimum absolute atomic E-state index is 0.0844. The van der Waals surface area contributed by atoms with Gasteiger partial charge in [0.2, 0.25) is 0 Å². The number of sulfone groups is 1. The fourth-order valence-electron chi connectivity index (χ4n) is 1.81. The predicted molar refractivity (Wildman–Crippen MR) is 56.5 cm³/mol. The van der Waals surface area contributed by atoms with Crippen LogP contribution in [0, 0.1) is 0 Å². The molecule has 2 atom stereocenters. The zero-order chi connectivity index (χ0) is 11.6. The molecule has 1 heterocycles. The molecule has 6 heteroatoms. The Balaban J connectivity index is 2.68. The first-order valence-electron chi connectivity index (χ1n) is 4.98. The highest BCUT2D eigenvalue weighted by molar-refractivity contribution is 7.91. The summed E-state index contributed by atoms with van der Waals surface area (Å²) < 4.78 is 22.8.